The maximum absolute atomic E-state index is 12.6. The van der Waals surface area contributed by atoms with Gasteiger partial charge in [-0.05, 0) is 37.1 Å². The molecule has 0 aromatic heterocycles. The zero-order chi connectivity index (χ0) is 15.6. The highest BCUT2D eigenvalue weighted by atomic mass is 79.9. The number of hydrogen-bond donors (Lipinski definition) is 0. The van der Waals surface area contributed by atoms with E-state index in [-0.39, 0.29) is 0 Å². The lowest BCUT2D eigenvalue weighted by Crippen LogP contribution is -2.50. The van der Waals surface area contributed by atoms with Gasteiger partial charge in [-0.25, -0.2) is 8.42 Å². The minimum atomic E-state index is -3.37. The summed E-state index contributed by atoms with van der Waals surface area (Å²) >= 11 is 3.33. The molecule has 2 heterocycles. The molecule has 1 unspecified atom stereocenters. The molecule has 2 fully saturated rings. The smallest absolute Gasteiger partial charge is 0.243 e. The molecule has 0 aliphatic carbocycles. The number of nitrogens with zero attached hydrogens (tertiary/aromatic N) is 2. The lowest BCUT2D eigenvalue weighted by atomic mass is 10.2. The molecule has 1 atom stereocenters. The highest BCUT2D eigenvalue weighted by Crippen LogP contribution is 2.21. The molecule has 7 heteroatoms. The van der Waals surface area contributed by atoms with Crippen LogP contribution < -0.4 is 0 Å². The van der Waals surface area contributed by atoms with Crippen molar-refractivity contribution in [3.05, 3.63) is 28.7 Å². The van der Waals surface area contributed by atoms with E-state index in [2.05, 4.69) is 20.8 Å². The Kier molecular flexibility index (Phi) is 5.19. The second-order valence-electron chi connectivity index (χ2n) is 5.79. The molecule has 2 aliphatic rings. The summed E-state index contributed by atoms with van der Waals surface area (Å²) in [6.45, 7) is 4.43. The second kappa shape index (κ2) is 6.97. The number of ether oxygens (including phenoxy) is 1. The fourth-order valence-electron chi connectivity index (χ4n) is 2.98. The van der Waals surface area contributed by atoms with Gasteiger partial charge in [0.25, 0.3) is 0 Å². The monoisotopic (exact) mass is 388 g/mol. The maximum Gasteiger partial charge on any atom is 0.243 e. The van der Waals surface area contributed by atoms with Crippen LogP contribution in [0.4, 0.5) is 0 Å². The van der Waals surface area contributed by atoms with Crippen LogP contribution in [0.5, 0.6) is 0 Å². The van der Waals surface area contributed by atoms with Crippen molar-refractivity contribution in [2.75, 3.05) is 39.3 Å². The molecule has 2 aliphatic heterocycles. The molecule has 0 amide bonds. The number of sulfonamides is 1. The molecule has 0 radical (unpaired) electrons. The molecule has 1 aromatic rings. The van der Waals surface area contributed by atoms with Gasteiger partial charge < -0.3 is 4.74 Å². The fraction of sp³-hybridized carbons (Fsp3) is 0.600. The third kappa shape index (κ3) is 3.71. The molecule has 0 saturated carbocycles. The topological polar surface area (TPSA) is 49.9 Å². The van der Waals surface area contributed by atoms with Crippen LogP contribution in [0.15, 0.2) is 33.6 Å². The van der Waals surface area contributed by atoms with Crippen LogP contribution >= 0.6 is 15.9 Å². The molecule has 3 rings (SSSR count). The summed E-state index contributed by atoms with van der Waals surface area (Å²) in [6.07, 6.45) is 2.59. The highest BCUT2D eigenvalue weighted by Gasteiger charge is 2.29. The standard InChI is InChI=1S/C15H21BrN2O3S/c16-13-3-5-15(6-4-13)22(19,20)18-9-7-17(8-10-18)12-14-2-1-11-21-14/h3-6,14H,1-2,7-12H2. The number of rotatable bonds is 4. The first kappa shape index (κ1) is 16.4. The average molecular weight is 389 g/mol. The normalized spacial score (nSPS) is 24.7. The highest BCUT2D eigenvalue weighted by molar-refractivity contribution is 9.10. The van der Waals surface area contributed by atoms with Crippen LogP contribution in [0.1, 0.15) is 12.8 Å². The van der Waals surface area contributed by atoms with Gasteiger partial charge in [0.05, 0.1) is 11.0 Å². The first-order valence-corrected chi connectivity index (χ1v) is 9.89. The lowest BCUT2D eigenvalue weighted by Gasteiger charge is -2.35. The van der Waals surface area contributed by atoms with Crippen LogP contribution in [0.2, 0.25) is 0 Å². The van der Waals surface area contributed by atoms with E-state index in [1.807, 2.05) is 0 Å². The summed E-state index contributed by atoms with van der Waals surface area (Å²) in [6, 6.07) is 6.83. The zero-order valence-electron chi connectivity index (χ0n) is 12.4. The Bertz CT molecular complexity index is 592. The molecule has 5 nitrogen and oxygen atoms in total. The van der Waals surface area contributed by atoms with Gasteiger partial charge in [0.1, 0.15) is 0 Å². The molecule has 22 heavy (non-hydrogen) atoms. The van der Waals surface area contributed by atoms with Crippen LogP contribution in [0, 0.1) is 0 Å². The lowest BCUT2D eigenvalue weighted by molar-refractivity contribution is 0.0617. The van der Waals surface area contributed by atoms with E-state index in [0.29, 0.717) is 24.1 Å². The summed E-state index contributed by atoms with van der Waals surface area (Å²) in [7, 11) is -3.37. The minimum Gasteiger partial charge on any atom is -0.377 e. The molecular weight excluding hydrogens is 368 g/mol. The van der Waals surface area contributed by atoms with Crippen LogP contribution in [-0.2, 0) is 14.8 Å². The predicted octanol–water partition coefficient (Wildman–Crippen LogP) is 1.93. The van der Waals surface area contributed by atoms with Crippen molar-refractivity contribution < 1.29 is 13.2 Å². The van der Waals surface area contributed by atoms with Crippen molar-refractivity contribution in [3.8, 4) is 0 Å². The van der Waals surface area contributed by atoms with Crippen molar-refractivity contribution in [2.45, 2.75) is 23.8 Å². The van der Waals surface area contributed by atoms with Gasteiger partial charge >= 0.3 is 0 Å². The fourth-order valence-corrected chi connectivity index (χ4v) is 4.67. The first-order valence-electron chi connectivity index (χ1n) is 7.65. The Balaban J connectivity index is 1.59. The zero-order valence-corrected chi connectivity index (χ0v) is 14.9. The van der Waals surface area contributed by atoms with E-state index in [0.717, 1.165) is 43.6 Å². The molecule has 122 valence electrons. The quantitative estimate of drug-likeness (QED) is 0.790. The number of benzene rings is 1. The van der Waals surface area contributed by atoms with E-state index in [4.69, 9.17) is 4.74 Å². The Labute approximate surface area is 140 Å². The van der Waals surface area contributed by atoms with Gasteiger partial charge in [0.15, 0.2) is 0 Å². The van der Waals surface area contributed by atoms with Gasteiger partial charge in [0.2, 0.25) is 10.0 Å². The summed E-state index contributed by atoms with van der Waals surface area (Å²) < 4.78 is 33.4. The maximum atomic E-state index is 12.6. The SMILES string of the molecule is O=S(=O)(c1ccc(Br)cc1)N1CCN(CC2CCCO2)CC1. The van der Waals surface area contributed by atoms with Crippen molar-refractivity contribution >= 4 is 26.0 Å². The number of halogens is 1. The van der Waals surface area contributed by atoms with Crippen molar-refractivity contribution in [3.63, 3.8) is 0 Å². The summed E-state index contributed by atoms with van der Waals surface area (Å²) in [5.74, 6) is 0. The Morgan fingerprint density at radius 2 is 1.82 bits per heavy atom. The largest absolute Gasteiger partial charge is 0.377 e. The molecule has 0 spiro atoms. The van der Waals surface area contributed by atoms with Gasteiger partial charge in [-0.1, -0.05) is 15.9 Å². The minimum absolute atomic E-state index is 0.328. The number of piperazine rings is 1. The summed E-state index contributed by atoms with van der Waals surface area (Å²) in [4.78, 5) is 2.67. The van der Waals surface area contributed by atoms with Gasteiger partial charge in [-0.2, -0.15) is 4.31 Å². The van der Waals surface area contributed by atoms with E-state index in [1.54, 1.807) is 28.6 Å². The summed E-state index contributed by atoms with van der Waals surface area (Å²) in [5, 5.41) is 0. The van der Waals surface area contributed by atoms with Crippen LogP contribution in [0.25, 0.3) is 0 Å². The van der Waals surface area contributed by atoms with Gasteiger partial charge in [-0.15, -0.1) is 0 Å². The van der Waals surface area contributed by atoms with E-state index >= 15 is 0 Å². The third-order valence-electron chi connectivity index (χ3n) is 4.27. The Morgan fingerprint density at radius 3 is 2.41 bits per heavy atom. The molecule has 0 bridgehead atoms. The average Bonchev–Trinajstić information content (AvgIpc) is 3.01. The van der Waals surface area contributed by atoms with Crippen LogP contribution in [-0.4, -0.2) is 63.1 Å². The van der Waals surface area contributed by atoms with E-state index < -0.39 is 10.0 Å². The molecule has 0 N–H and O–H groups in total. The van der Waals surface area contributed by atoms with Crippen molar-refractivity contribution in [2.24, 2.45) is 0 Å². The second-order valence-corrected chi connectivity index (χ2v) is 8.65. The Morgan fingerprint density at radius 1 is 1.14 bits per heavy atom. The predicted molar refractivity (Wildman–Crippen MR) is 88.3 cm³/mol. The van der Waals surface area contributed by atoms with E-state index in [1.165, 1.54) is 0 Å². The van der Waals surface area contributed by atoms with Crippen molar-refractivity contribution in [1.82, 2.24) is 9.21 Å². The first-order chi connectivity index (χ1) is 10.6. The summed E-state index contributed by atoms with van der Waals surface area (Å²) in [5.41, 5.74) is 0. The van der Waals surface area contributed by atoms with Gasteiger partial charge in [-0.3, -0.25) is 4.90 Å². The molecule has 1 aromatic carbocycles. The Hall–Kier alpha value is -0.470. The van der Waals surface area contributed by atoms with Gasteiger partial charge in [0, 0.05) is 43.8 Å². The van der Waals surface area contributed by atoms with E-state index in [9.17, 15) is 8.42 Å². The molecule has 2 saturated heterocycles. The number of hydrogen-bond acceptors (Lipinski definition) is 4. The molecular formula is C15H21BrN2O3S. The van der Waals surface area contributed by atoms with Crippen LogP contribution in [0.3, 0.4) is 0 Å². The third-order valence-corrected chi connectivity index (χ3v) is 6.71. The van der Waals surface area contributed by atoms with Crippen molar-refractivity contribution in [1.29, 1.82) is 0 Å².